The maximum absolute atomic E-state index is 12.3. The molecule has 0 saturated carbocycles. The molecule has 0 bridgehead atoms. The van der Waals surface area contributed by atoms with Crippen LogP contribution in [0.5, 0.6) is 0 Å². The summed E-state index contributed by atoms with van der Waals surface area (Å²) in [6.07, 6.45) is 2.57. The van der Waals surface area contributed by atoms with Crippen LogP contribution in [0.1, 0.15) is 39.2 Å². The highest BCUT2D eigenvalue weighted by Gasteiger charge is 2.23. The van der Waals surface area contributed by atoms with E-state index in [9.17, 15) is 9.59 Å². The van der Waals surface area contributed by atoms with Gasteiger partial charge in [-0.1, -0.05) is 26.0 Å². The van der Waals surface area contributed by atoms with Gasteiger partial charge in [0, 0.05) is 19.2 Å². The van der Waals surface area contributed by atoms with Crippen LogP contribution in [0.2, 0.25) is 0 Å². The monoisotopic (exact) mass is 317 g/mol. The molecule has 1 aromatic rings. The number of benzene rings is 1. The summed E-state index contributed by atoms with van der Waals surface area (Å²) in [5.74, 6) is -0.337. The van der Waals surface area contributed by atoms with Crippen molar-refractivity contribution in [1.82, 2.24) is 10.2 Å². The number of nitrogens with zero attached hydrogens (tertiary/aromatic N) is 1. The molecule has 0 unspecified atom stereocenters. The van der Waals surface area contributed by atoms with Crippen LogP contribution in [-0.2, 0) is 16.1 Å². The van der Waals surface area contributed by atoms with E-state index in [1.807, 2.05) is 26.0 Å². The number of nitrogens with one attached hydrogen (secondary N) is 2. The molecule has 23 heavy (non-hydrogen) atoms. The van der Waals surface area contributed by atoms with Crippen LogP contribution in [0.25, 0.3) is 0 Å². The molecule has 0 aromatic heterocycles. The number of carbonyl (C=O) groups excluding carboxylic acids is 2. The third-order valence-corrected chi connectivity index (χ3v) is 4.13. The molecule has 2 N–H and O–H groups in total. The molecule has 5 nitrogen and oxygen atoms in total. The maximum Gasteiger partial charge on any atom is 0.247 e. The quantitative estimate of drug-likeness (QED) is 0.847. The smallest absolute Gasteiger partial charge is 0.247 e. The van der Waals surface area contributed by atoms with Crippen molar-refractivity contribution in [2.75, 3.05) is 18.4 Å². The Hall–Kier alpha value is -1.88. The molecule has 126 valence electrons. The zero-order chi connectivity index (χ0) is 16.8. The van der Waals surface area contributed by atoms with E-state index in [0.717, 1.165) is 12.2 Å². The van der Waals surface area contributed by atoms with Crippen LogP contribution in [0, 0.1) is 5.92 Å². The minimum atomic E-state index is -0.517. The summed E-state index contributed by atoms with van der Waals surface area (Å²) in [7, 11) is 0. The van der Waals surface area contributed by atoms with Crippen LogP contribution in [0.3, 0.4) is 0 Å². The second-order valence-corrected chi connectivity index (χ2v) is 6.59. The highest BCUT2D eigenvalue weighted by atomic mass is 16.2. The SMILES string of the molecule is CC(=O)N[C@@H](C(=O)Nc1ccc(CN2CCCC2)cc1)C(C)C. The van der Waals surface area contributed by atoms with Gasteiger partial charge in [0.1, 0.15) is 6.04 Å². The Morgan fingerprint density at radius 1 is 1.13 bits per heavy atom. The summed E-state index contributed by atoms with van der Waals surface area (Å²) >= 11 is 0. The highest BCUT2D eigenvalue weighted by molar-refractivity contribution is 5.97. The molecule has 1 aliphatic heterocycles. The number of hydrogen-bond acceptors (Lipinski definition) is 3. The zero-order valence-electron chi connectivity index (χ0n) is 14.3. The molecular formula is C18H27N3O2. The third kappa shape index (κ3) is 5.36. The predicted molar refractivity (Wildman–Crippen MR) is 92.0 cm³/mol. The first-order chi connectivity index (χ1) is 11.0. The van der Waals surface area contributed by atoms with E-state index < -0.39 is 6.04 Å². The molecule has 1 saturated heterocycles. The molecule has 1 heterocycles. The fourth-order valence-electron chi connectivity index (χ4n) is 2.87. The Bertz CT molecular complexity index is 534. The molecule has 1 aliphatic rings. The molecular weight excluding hydrogens is 290 g/mol. The number of carbonyl (C=O) groups is 2. The first-order valence-corrected chi connectivity index (χ1v) is 8.35. The lowest BCUT2D eigenvalue weighted by Crippen LogP contribution is -2.46. The Labute approximate surface area is 138 Å². The van der Waals surface area contributed by atoms with Crippen molar-refractivity contribution in [3.8, 4) is 0 Å². The van der Waals surface area contributed by atoms with E-state index in [0.29, 0.717) is 0 Å². The Kier molecular flexibility index (Phi) is 6.16. The average Bonchev–Trinajstić information content (AvgIpc) is 2.99. The molecule has 0 spiro atoms. The Morgan fingerprint density at radius 3 is 2.26 bits per heavy atom. The molecule has 1 atom stereocenters. The van der Waals surface area contributed by atoms with Crippen molar-refractivity contribution in [3.63, 3.8) is 0 Å². The summed E-state index contributed by atoms with van der Waals surface area (Å²) in [5, 5.41) is 5.58. The molecule has 0 aliphatic carbocycles. The lowest BCUT2D eigenvalue weighted by molar-refractivity contribution is -0.126. The fraction of sp³-hybridized carbons (Fsp3) is 0.556. The number of hydrogen-bond donors (Lipinski definition) is 2. The van der Waals surface area contributed by atoms with Crippen molar-refractivity contribution < 1.29 is 9.59 Å². The van der Waals surface area contributed by atoms with Gasteiger partial charge in [-0.05, 0) is 49.5 Å². The number of rotatable bonds is 6. The van der Waals surface area contributed by atoms with Crippen molar-refractivity contribution in [3.05, 3.63) is 29.8 Å². The summed E-state index contributed by atoms with van der Waals surface area (Å²) in [6, 6.07) is 7.44. The highest BCUT2D eigenvalue weighted by Crippen LogP contribution is 2.16. The lowest BCUT2D eigenvalue weighted by atomic mass is 10.0. The van der Waals surface area contributed by atoms with Gasteiger partial charge in [0.2, 0.25) is 11.8 Å². The summed E-state index contributed by atoms with van der Waals surface area (Å²) in [4.78, 5) is 26.0. The second-order valence-electron chi connectivity index (χ2n) is 6.59. The number of amides is 2. The van der Waals surface area contributed by atoms with Crippen LogP contribution < -0.4 is 10.6 Å². The minimum absolute atomic E-state index is 0.0355. The summed E-state index contributed by atoms with van der Waals surface area (Å²) in [5.41, 5.74) is 2.02. The topological polar surface area (TPSA) is 61.4 Å². The molecule has 5 heteroatoms. The van der Waals surface area contributed by atoms with Crippen molar-refractivity contribution in [2.24, 2.45) is 5.92 Å². The van der Waals surface area contributed by atoms with Gasteiger partial charge in [-0.3, -0.25) is 14.5 Å². The van der Waals surface area contributed by atoms with Gasteiger partial charge in [0.05, 0.1) is 0 Å². The van der Waals surface area contributed by atoms with E-state index in [1.54, 1.807) is 0 Å². The lowest BCUT2D eigenvalue weighted by Gasteiger charge is -2.21. The fourth-order valence-corrected chi connectivity index (χ4v) is 2.87. The van der Waals surface area contributed by atoms with E-state index in [4.69, 9.17) is 0 Å². The first kappa shape index (κ1) is 17.5. The largest absolute Gasteiger partial charge is 0.344 e. The van der Waals surface area contributed by atoms with E-state index >= 15 is 0 Å². The van der Waals surface area contributed by atoms with Crippen molar-refractivity contribution >= 4 is 17.5 Å². The standard InChI is InChI=1S/C18H27N3O2/c1-13(2)17(19-14(3)22)18(23)20-16-8-6-15(7-9-16)12-21-10-4-5-11-21/h6-9,13,17H,4-5,10-12H2,1-3H3,(H,19,22)(H,20,23)/t17-/m1/s1. The van der Waals surface area contributed by atoms with E-state index in [-0.39, 0.29) is 17.7 Å². The van der Waals surface area contributed by atoms with Gasteiger partial charge in [0.15, 0.2) is 0 Å². The normalized spacial score (nSPS) is 16.3. The Morgan fingerprint density at radius 2 is 1.74 bits per heavy atom. The van der Waals surface area contributed by atoms with E-state index in [1.165, 1.54) is 38.4 Å². The van der Waals surface area contributed by atoms with Crippen molar-refractivity contribution in [1.29, 1.82) is 0 Å². The second kappa shape index (κ2) is 8.11. The van der Waals surface area contributed by atoms with Gasteiger partial charge < -0.3 is 10.6 Å². The third-order valence-electron chi connectivity index (χ3n) is 4.13. The van der Waals surface area contributed by atoms with Gasteiger partial charge in [-0.25, -0.2) is 0 Å². The zero-order valence-corrected chi connectivity index (χ0v) is 14.3. The number of anilines is 1. The molecule has 2 rings (SSSR count). The first-order valence-electron chi connectivity index (χ1n) is 8.35. The van der Waals surface area contributed by atoms with Gasteiger partial charge >= 0.3 is 0 Å². The van der Waals surface area contributed by atoms with Crippen LogP contribution >= 0.6 is 0 Å². The van der Waals surface area contributed by atoms with Crippen LogP contribution in [-0.4, -0.2) is 35.8 Å². The van der Waals surface area contributed by atoms with Crippen LogP contribution in [0.15, 0.2) is 24.3 Å². The number of likely N-dealkylation sites (tertiary alicyclic amines) is 1. The van der Waals surface area contributed by atoms with Crippen molar-refractivity contribution in [2.45, 2.75) is 46.2 Å². The van der Waals surface area contributed by atoms with Gasteiger partial charge in [-0.15, -0.1) is 0 Å². The molecule has 2 amide bonds. The van der Waals surface area contributed by atoms with Gasteiger partial charge in [-0.2, -0.15) is 0 Å². The minimum Gasteiger partial charge on any atom is -0.344 e. The van der Waals surface area contributed by atoms with E-state index in [2.05, 4.69) is 27.7 Å². The summed E-state index contributed by atoms with van der Waals surface area (Å²) < 4.78 is 0. The Balaban J connectivity index is 1.93. The van der Waals surface area contributed by atoms with Gasteiger partial charge in [0.25, 0.3) is 0 Å². The molecule has 0 radical (unpaired) electrons. The van der Waals surface area contributed by atoms with Crippen LogP contribution in [0.4, 0.5) is 5.69 Å². The molecule has 1 fully saturated rings. The molecule has 1 aromatic carbocycles. The maximum atomic E-state index is 12.3. The summed E-state index contributed by atoms with van der Waals surface area (Å²) in [6.45, 7) is 8.57. The average molecular weight is 317 g/mol. The predicted octanol–water partition coefficient (Wildman–Crippen LogP) is 2.38.